The van der Waals surface area contributed by atoms with E-state index in [1.807, 2.05) is 20.8 Å². The van der Waals surface area contributed by atoms with Crippen LogP contribution in [0.1, 0.15) is 28.7 Å². The average Bonchev–Trinajstić information content (AvgIpc) is 2.89. The Balaban J connectivity index is 1.99. The lowest BCUT2D eigenvalue weighted by Gasteiger charge is -2.08. The molecule has 1 aromatic carbocycles. The van der Waals surface area contributed by atoms with Gasteiger partial charge in [-0.2, -0.15) is 5.10 Å². The summed E-state index contributed by atoms with van der Waals surface area (Å²) >= 11 is 0. The molecule has 0 spiro atoms. The molecule has 1 amide bonds. The van der Waals surface area contributed by atoms with E-state index in [2.05, 4.69) is 15.4 Å². The number of anilines is 1. The van der Waals surface area contributed by atoms with Crippen LogP contribution in [0.3, 0.4) is 0 Å². The van der Waals surface area contributed by atoms with E-state index in [0.29, 0.717) is 34.5 Å². The third-order valence-corrected chi connectivity index (χ3v) is 4.92. The number of pyridine rings is 1. The van der Waals surface area contributed by atoms with E-state index in [9.17, 15) is 13.2 Å². The maximum atomic E-state index is 12.8. The van der Waals surface area contributed by atoms with Crippen molar-refractivity contribution in [2.45, 2.75) is 32.2 Å². The van der Waals surface area contributed by atoms with Gasteiger partial charge in [-0.05, 0) is 51.1 Å². The van der Waals surface area contributed by atoms with Crippen molar-refractivity contribution < 1.29 is 13.2 Å². The number of hydrogen-bond donors (Lipinski definition) is 2. The third kappa shape index (κ3) is 3.31. The molecule has 0 saturated heterocycles. The molecule has 2 heterocycles. The lowest BCUT2D eigenvalue weighted by Crippen LogP contribution is -2.14. The second-order valence-corrected chi connectivity index (χ2v) is 7.50. The Labute approximate surface area is 151 Å². The van der Waals surface area contributed by atoms with Gasteiger partial charge in [-0.25, -0.2) is 23.2 Å². The zero-order valence-electron chi connectivity index (χ0n) is 14.6. The van der Waals surface area contributed by atoms with Gasteiger partial charge in [0.25, 0.3) is 5.91 Å². The smallest absolute Gasteiger partial charge is 0.256 e. The lowest BCUT2D eigenvalue weighted by atomic mass is 10.1. The highest BCUT2D eigenvalue weighted by Crippen LogP contribution is 2.23. The van der Waals surface area contributed by atoms with Gasteiger partial charge in [-0.3, -0.25) is 4.79 Å². The first kappa shape index (κ1) is 18.0. The summed E-state index contributed by atoms with van der Waals surface area (Å²) in [5.41, 5.74) is 3.04. The van der Waals surface area contributed by atoms with E-state index in [0.717, 1.165) is 5.69 Å². The summed E-state index contributed by atoms with van der Waals surface area (Å²) in [5, 5.41) is 13.0. The number of carbonyl (C=O) groups is 1. The zero-order valence-corrected chi connectivity index (χ0v) is 15.5. The molecule has 9 heteroatoms. The molecule has 0 saturated carbocycles. The number of hydrogen-bond acceptors (Lipinski definition) is 5. The number of aromatic nitrogens is 3. The van der Waals surface area contributed by atoms with Crippen LogP contribution in [-0.4, -0.2) is 29.1 Å². The van der Waals surface area contributed by atoms with Gasteiger partial charge in [-0.1, -0.05) is 0 Å². The topological polar surface area (TPSA) is 120 Å². The molecule has 8 nitrogen and oxygen atoms in total. The number of amides is 1. The van der Waals surface area contributed by atoms with Crippen molar-refractivity contribution in [3.05, 3.63) is 47.3 Å². The van der Waals surface area contributed by atoms with Crippen LogP contribution in [0, 0.1) is 13.8 Å². The Bertz CT molecular complexity index is 1100. The number of carbonyl (C=O) groups excluding carboxylic acids is 1. The van der Waals surface area contributed by atoms with Crippen LogP contribution in [0.15, 0.2) is 35.2 Å². The van der Waals surface area contributed by atoms with E-state index in [4.69, 9.17) is 5.14 Å². The van der Waals surface area contributed by atoms with E-state index in [1.165, 1.54) is 24.3 Å². The predicted octanol–water partition coefficient (Wildman–Crippen LogP) is 1.97. The first-order valence-corrected chi connectivity index (χ1v) is 9.54. The molecule has 0 atom stereocenters. The van der Waals surface area contributed by atoms with Crippen LogP contribution in [0.5, 0.6) is 0 Å². The fraction of sp³-hybridized carbons (Fsp3) is 0.235. The SMILES string of the molecule is CCn1nc(C)c2c(C(=O)Nc3ccc(S(N)(=O)=O)cc3)cc(C)nc21. The number of rotatable bonds is 4. The Morgan fingerprint density at radius 1 is 1.23 bits per heavy atom. The largest absolute Gasteiger partial charge is 0.322 e. The zero-order chi connectivity index (χ0) is 19.1. The van der Waals surface area contributed by atoms with Crippen molar-refractivity contribution in [1.29, 1.82) is 0 Å². The van der Waals surface area contributed by atoms with E-state index in [-0.39, 0.29) is 10.8 Å². The van der Waals surface area contributed by atoms with Gasteiger partial charge in [0.05, 0.1) is 21.5 Å². The molecule has 0 fully saturated rings. The number of aryl methyl sites for hydroxylation is 3. The van der Waals surface area contributed by atoms with Crippen molar-refractivity contribution in [3.8, 4) is 0 Å². The Kier molecular flexibility index (Phi) is 4.51. The van der Waals surface area contributed by atoms with Gasteiger partial charge >= 0.3 is 0 Å². The summed E-state index contributed by atoms with van der Waals surface area (Å²) in [7, 11) is -3.77. The van der Waals surface area contributed by atoms with Gasteiger partial charge in [0.2, 0.25) is 10.0 Å². The first-order valence-electron chi connectivity index (χ1n) is 7.99. The van der Waals surface area contributed by atoms with Gasteiger partial charge < -0.3 is 5.32 Å². The summed E-state index contributed by atoms with van der Waals surface area (Å²) in [4.78, 5) is 17.3. The number of primary sulfonamides is 1. The molecule has 3 aromatic rings. The monoisotopic (exact) mass is 373 g/mol. The van der Waals surface area contributed by atoms with Gasteiger partial charge in [0.15, 0.2) is 5.65 Å². The van der Waals surface area contributed by atoms with Gasteiger partial charge in [0, 0.05) is 17.9 Å². The summed E-state index contributed by atoms with van der Waals surface area (Å²) in [6.07, 6.45) is 0. The number of benzene rings is 1. The van der Waals surface area contributed by atoms with Crippen LogP contribution in [0.2, 0.25) is 0 Å². The fourth-order valence-corrected chi connectivity index (χ4v) is 3.32. The molecule has 0 radical (unpaired) electrons. The molecule has 0 aliphatic rings. The third-order valence-electron chi connectivity index (χ3n) is 3.99. The van der Waals surface area contributed by atoms with Crippen LogP contribution in [-0.2, 0) is 16.6 Å². The number of nitrogens with two attached hydrogens (primary N) is 1. The summed E-state index contributed by atoms with van der Waals surface area (Å²) in [6, 6.07) is 7.39. The van der Waals surface area contributed by atoms with Crippen LogP contribution >= 0.6 is 0 Å². The maximum Gasteiger partial charge on any atom is 0.256 e. The lowest BCUT2D eigenvalue weighted by molar-refractivity contribution is 0.102. The number of fused-ring (bicyclic) bond motifs is 1. The Hall–Kier alpha value is -2.78. The summed E-state index contributed by atoms with van der Waals surface area (Å²) in [5.74, 6) is -0.317. The van der Waals surface area contributed by atoms with E-state index < -0.39 is 10.0 Å². The molecule has 3 rings (SSSR count). The van der Waals surface area contributed by atoms with Crippen LogP contribution in [0.25, 0.3) is 11.0 Å². The van der Waals surface area contributed by atoms with Crippen LogP contribution in [0.4, 0.5) is 5.69 Å². The maximum absolute atomic E-state index is 12.8. The molecule has 0 aliphatic heterocycles. The number of nitrogens with one attached hydrogen (secondary N) is 1. The molecule has 136 valence electrons. The van der Waals surface area contributed by atoms with Crippen LogP contribution < -0.4 is 10.5 Å². The van der Waals surface area contributed by atoms with Crippen molar-refractivity contribution in [1.82, 2.24) is 14.8 Å². The minimum atomic E-state index is -3.77. The molecule has 0 bridgehead atoms. The molecule has 0 aliphatic carbocycles. The van der Waals surface area contributed by atoms with E-state index in [1.54, 1.807) is 10.7 Å². The van der Waals surface area contributed by atoms with Crippen molar-refractivity contribution in [3.63, 3.8) is 0 Å². The first-order chi connectivity index (χ1) is 12.2. The molecule has 3 N–H and O–H groups in total. The van der Waals surface area contributed by atoms with Crippen molar-refractivity contribution >= 4 is 32.7 Å². The second-order valence-electron chi connectivity index (χ2n) is 5.93. The van der Waals surface area contributed by atoms with Crippen molar-refractivity contribution in [2.75, 3.05) is 5.32 Å². The molecule has 0 unspecified atom stereocenters. The standard InChI is InChI=1S/C17H19N5O3S/c1-4-22-16-15(11(3)21-22)14(9-10(2)19-16)17(23)20-12-5-7-13(8-6-12)26(18,24)25/h5-9H,4H2,1-3H3,(H,20,23)(H2,18,24,25). The predicted molar refractivity (Wildman–Crippen MR) is 98.4 cm³/mol. The molecule has 26 heavy (non-hydrogen) atoms. The van der Waals surface area contributed by atoms with Crippen molar-refractivity contribution in [2.24, 2.45) is 5.14 Å². The molecular formula is C17H19N5O3S. The normalized spacial score (nSPS) is 11.7. The van der Waals surface area contributed by atoms with Gasteiger partial charge in [-0.15, -0.1) is 0 Å². The Morgan fingerprint density at radius 3 is 2.46 bits per heavy atom. The fourth-order valence-electron chi connectivity index (χ4n) is 2.80. The molecule has 2 aromatic heterocycles. The Morgan fingerprint density at radius 2 is 1.88 bits per heavy atom. The second kappa shape index (κ2) is 6.50. The summed E-state index contributed by atoms with van der Waals surface area (Å²) in [6.45, 7) is 6.27. The highest BCUT2D eigenvalue weighted by Gasteiger charge is 2.18. The minimum Gasteiger partial charge on any atom is -0.322 e. The minimum absolute atomic E-state index is 0.0160. The molecular weight excluding hydrogens is 354 g/mol. The van der Waals surface area contributed by atoms with E-state index >= 15 is 0 Å². The highest BCUT2D eigenvalue weighted by atomic mass is 32.2. The quantitative estimate of drug-likeness (QED) is 0.724. The average molecular weight is 373 g/mol. The summed E-state index contributed by atoms with van der Waals surface area (Å²) < 4.78 is 24.4. The number of sulfonamides is 1. The highest BCUT2D eigenvalue weighted by molar-refractivity contribution is 7.89. The number of nitrogens with zero attached hydrogens (tertiary/aromatic N) is 3. The van der Waals surface area contributed by atoms with Gasteiger partial charge in [0.1, 0.15) is 0 Å².